The molecular formula is C16H23N3O. The number of nitrogens with zero attached hydrogens (tertiary/aromatic N) is 2. The van der Waals surface area contributed by atoms with Crippen molar-refractivity contribution in [3.05, 3.63) is 46.8 Å². The van der Waals surface area contributed by atoms with E-state index < -0.39 is 0 Å². The van der Waals surface area contributed by atoms with Crippen LogP contribution in [-0.2, 0) is 6.54 Å². The van der Waals surface area contributed by atoms with Gasteiger partial charge in [-0.1, -0.05) is 30.7 Å². The Balaban J connectivity index is 2.46. The zero-order valence-corrected chi connectivity index (χ0v) is 12.7. The maximum atomic E-state index is 6.48. The van der Waals surface area contributed by atoms with Crippen molar-refractivity contribution in [3.8, 4) is 5.75 Å². The summed E-state index contributed by atoms with van der Waals surface area (Å²) in [6, 6.07) is 6.12. The molecular weight excluding hydrogens is 250 g/mol. The summed E-state index contributed by atoms with van der Waals surface area (Å²) in [5.74, 6) is 0.755. The maximum absolute atomic E-state index is 6.48. The van der Waals surface area contributed by atoms with Crippen molar-refractivity contribution in [2.75, 3.05) is 7.11 Å². The quantitative estimate of drug-likeness (QED) is 0.911. The van der Waals surface area contributed by atoms with Crippen LogP contribution in [-0.4, -0.2) is 16.9 Å². The van der Waals surface area contributed by atoms with Gasteiger partial charge in [-0.25, -0.2) is 0 Å². The van der Waals surface area contributed by atoms with Gasteiger partial charge < -0.3 is 10.5 Å². The van der Waals surface area contributed by atoms with Crippen LogP contribution in [0.5, 0.6) is 5.75 Å². The highest BCUT2D eigenvalue weighted by atomic mass is 16.5. The molecule has 2 N–H and O–H groups in total. The molecule has 1 aromatic carbocycles. The minimum Gasteiger partial charge on any atom is -0.493 e. The molecule has 0 aliphatic heterocycles. The first-order chi connectivity index (χ1) is 9.58. The molecule has 0 bridgehead atoms. The van der Waals surface area contributed by atoms with Gasteiger partial charge in [0.25, 0.3) is 0 Å². The average Bonchev–Trinajstić information content (AvgIpc) is 2.81. The number of hydrogen-bond donors (Lipinski definition) is 1. The topological polar surface area (TPSA) is 53.1 Å². The number of aromatic nitrogens is 2. The van der Waals surface area contributed by atoms with Crippen molar-refractivity contribution >= 4 is 0 Å². The lowest BCUT2D eigenvalue weighted by Gasteiger charge is -2.18. The van der Waals surface area contributed by atoms with Crippen LogP contribution < -0.4 is 10.5 Å². The summed E-state index contributed by atoms with van der Waals surface area (Å²) in [5.41, 5.74) is 11.0. The zero-order valence-electron chi connectivity index (χ0n) is 12.7. The Labute approximate surface area is 120 Å². The van der Waals surface area contributed by atoms with Crippen LogP contribution in [0.15, 0.2) is 24.4 Å². The molecule has 20 heavy (non-hydrogen) atoms. The number of hydrogen-bond acceptors (Lipinski definition) is 3. The van der Waals surface area contributed by atoms with E-state index in [-0.39, 0.29) is 6.04 Å². The normalized spacial score (nSPS) is 12.4. The lowest BCUT2D eigenvalue weighted by atomic mass is 9.97. The first kappa shape index (κ1) is 14.6. The van der Waals surface area contributed by atoms with E-state index in [9.17, 15) is 0 Å². The van der Waals surface area contributed by atoms with E-state index in [1.807, 2.05) is 4.68 Å². The van der Waals surface area contributed by atoms with Crippen molar-refractivity contribution in [2.45, 2.75) is 39.8 Å². The van der Waals surface area contributed by atoms with E-state index in [1.165, 1.54) is 11.1 Å². The summed E-state index contributed by atoms with van der Waals surface area (Å²) in [7, 11) is 1.66. The van der Waals surface area contributed by atoms with Gasteiger partial charge >= 0.3 is 0 Å². The lowest BCUT2D eigenvalue weighted by molar-refractivity contribution is 0.404. The third kappa shape index (κ3) is 2.70. The van der Waals surface area contributed by atoms with Crippen LogP contribution in [0.4, 0.5) is 0 Å². The van der Waals surface area contributed by atoms with Crippen LogP contribution in [0.25, 0.3) is 0 Å². The van der Waals surface area contributed by atoms with Crippen molar-refractivity contribution in [3.63, 3.8) is 0 Å². The molecule has 1 unspecified atom stereocenters. The molecule has 2 rings (SSSR count). The summed E-state index contributed by atoms with van der Waals surface area (Å²) in [5, 5.41) is 4.38. The summed E-state index contributed by atoms with van der Waals surface area (Å²) < 4.78 is 7.36. The average molecular weight is 273 g/mol. The van der Waals surface area contributed by atoms with Crippen LogP contribution in [0.2, 0.25) is 0 Å². The molecule has 2 aromatic rings. The van der Waals surface area contributed by atoms with Crippen molar-refractivity contribution in [1.29, 1.82) is 0 Å². The molecule has 0 radical (unpaired) electrons. The van der Waals surface area contributed by atoms with Crippen LogP contribution in [0.1, 0.15) is 41.8 Å². The molecule has 108 valence electrons. The smallest absolute Gasteiger partial charge is 0.161 e. The minimum atomic E-state index is -0.223. The van der Waals surface area contributed by atoms with Crippen molar-refractivity contribution < 1.29 is 4.74 Å². The van der Waals surface area contributed by atoms with Crippen molar-refractivity contribution in [2.24, 2.45) is 5.73 Å². The van der Waals surface area contributed by atoms with Crippen LogP contribution in [0.3, 0.4) is 0 Å². The SMILES string of the molecule is CCCn1ncc(OC)c1C(N)c1ccc(C)cc1C. The molecule has 0 aliphatic carbocycles. The van der Waals surface area contributed by atoms with Gasteiger partial charge in [-0.05, 0) is 31.4 Å². The van der Waals surface area contributed by atoms with Crippen molar-refractivity contribution in [1.82, 2.24) is 9.78 Å². The first-order valence-corrected chi connectivity index (χ1v) is 7.00. The number of methoxy groups -OCH3 is 1. The Morgan fingerprint density at radius 1 is 1.35 bits per heavy atom. The second-order valence-electron chi connectivity index (χ2n) is 5.16. The van der Waals surface area contributed by atoms with Gasteiger partial charge in [0.2, 0.25) is 0 Å². The van der Waals surface area contributed by atoms with E-state index in [2.05, 4.69) is 44.1 Å². The number of benzene rings is 1. The number of aryl methyl sites for hydroxylation is 3. The molecule has 1 aromatic heterocycles. The molecule has 4 nitrogen and oxygen atoms in total. The molecule has 0 aliphatic rings. The maximum Gasteiger partial charge on any atom is 0.161 e. The Kier molecular flexibility index (Phi) is 4.45. The zero-order chi connectivity index (χ0) is 14.7. The highest BCUT2D eigenvalue weighted by Gasteiger charge is 2.21. The second kappa shape index (κ2) is 6.09. The Hall–Kier alpha value is -1.81. The van der Waals surface area contributed by atoms with E-state index >= 15 is 0 Å². The molecule has 0 saturated heterocycles. The molecule has 0 spiro atoms. The highest BCUT2D eigenvalue weighted by molar-refractivity contribution is 5.41. The van der Waals surface area contributed by atoms with Gasteiger partial charge in [0.1, 0.15) is 5.69 Å². The summed E-state index contributed by atoms with van der Waals surface area (Å²) in [6.07, 6.45) is 2.76. The highest BCUT2D eigenvalue weighted by Crippen LogP contribution is 2.30. The molecule has 1 heterocycles. The fourth-order valence-corrected chi connectivity index (χ4v) is 2.56. The van der Waals surface area contributed by atoms with Gasteiger partial charge in [0, 0.05) is 6.54 Å². The lowest BCUT2D eigenvalue weighted by Crippen LogP contribution is -2.19. The first-order valence-electron chi connectivity index (χ1n) is 7.00. The number of ether oxygens (including phenoxy) is 1. The number of rotatable bonds is 5. The van der Waals surface area contributed by atoms with Gasteiger partial charge in [0.15, 0.2) is 5.75 Å². The summed E-state index contributed by atoms with van der Waals surface area (Å²) in [4.78, 5) is 0. The van der Waals surface area contributed by atoms with Crippen LogP contribution in [0, 0.1) is 13.8 Å². The third-order valence-corrected chi connectivity index (χ3v) is 3.56. The van der Waals surface area contributed by atoms with Gasteiger partial charge in [-0.2, -0.15) is 5.10 Å². The number of nitrogens with two attached hydrogens (primary N) is 1. The third-order valence-electron chi connectivity index (χ3n) is 3.56. The largest absolute Gasteiger partial charge is 0.493 e. The monoisotopic (exact) mass is 273 g/mol. The minimum absolute atomic E-state index is 0.223. The van der Waals surface area contributed by atoms with E-state index in [0.29, 0.717) is 0 Å². The second-order valence-corrected chi connectivity index (χ2v) is 5.16. The fraction of sp³-hybridized carbons (Fsp3) is 0.438. The summed E-state index contributed by atoms with van der Waals surface area (Å²) >= 11 is 0. The molecule has 0 amide bonds. The Morgan fingerprint density at radius 2 is 2.10 bits per heavy atom. The van der Waals surface area contributed by atoms with E-state index in [0.717, 1.165) is 30.0 Å². The van der Waals surface area contributed by atoms with Gasteiger partial charge in [0.05, 0.1) is 19.3 Å². The fourth-order valence-electron chi connectivity index (χ4n) is 2.56. The summed E-state index contributed by atoms with van der Waals surface area (Å²) in [6.45, 7) is 7.15. The Bertz CT molecular complexity index is 589. The molecule has 1 atom stereocenters. The molecule has 0 fully saturated rings. The predicted molar refractivity (Wildman–Crippen MR) is 81.0 cm³/mol. The molecule has 0 saturated carbocycles. The van der Waals surface area contributed by atoms with E-state index in [1.54, 1.807) is 13.3 Å². The standard InChI is InChI=1S/C16H23N3O/c1-5-8-19-16(14(20-4)10-18-19)15(17)13-7-6-11(2)9-12(13)3/h6-7,9-10,15H,5,8,17H2,1-4H3. The Morgan fingerprint density at radius 3 is 2.70 bits per heavy atom. The van der Waals surface area contributed by atoms with Gasteiger partial charge in [-0.3, -0.25) is 4.68 Å². The predicted octanol–water partition coefficient (Wildman–Crippen LogP) is 2.97. The van der Waals surface area contributed by atoms with Gasteiger partial charge in [-0.15, -0.1) is 0 Å². The molecule has 4 heteroatoms. The van der Waals surface area contributed by atoms with Crippen LogP contribution >= 0.6 is 0 Å². The van der Waals surface area contributed by atoms with E-state index in [4.69, 9.17) is 10.5 Å².